The van der Waals surface area contributed by atoms with Crippen LogP contribution in [0.1, 0.15) is 30.2 Å². The lowest BCUT2D eigenvalue weighted by molar-refractivity contribution is 0.0925. The van der Waals surface area contributed by atoms with Crippen LogP contribution in [-0.2, 0) is 34.5 Å². The largest absolute Gasteiger partial charge is 0.441 e. The molecule has 1 aliphatic heterocycles. The second kappa shape index (κ2) is 5.74. The number of aromatic nitrogens is 1. The number of hydrogen-bond acceptors (Lipinski definition) is 5. The van der Waals surface area contributed by atoms with Gasteiger partial charge in [-0.15, -0.1) is 0 Å². The first-order valence-electron chi connectivity index (χ1n) is 7.73. The lowest BCUT2D eigenvalue weighted by Gasteiger charge is -2.15. The molecule has 1 aliphatic carbocycles. The second-order valence-electron chi connectivity index (χ2n) is 6.02. The topological polar surface area (TPSA) is 72.6 Å². The molecular weight excluding hydrogens is 316 g/mol. The normalized spacial score (nSPS) is 18.3. The molecule has 0 saturated heterocycles. The van der Waals surface area contributed by atoms with Crippen LogP contribution in [-0.4, -0.2) is 24.3 Å². The summed E-state index contributed by atoms with van der Waals surface area (Å²) >= 11 is 0. The van der Waals surface area contributed by atoms with Gasteiger partial charge >= 0.3 is 0 Å². The average Bonchev–Trinajstić information content (AvgIpc) is 3.15. The van der Waals surface area contributed by atoms with Crippen LogP contribution < -0.4 is 0 Å². The third-order valence-electron chi connectivity index (χ3n) is 4.13. The fourth-order valence-corrected chi connectivity index (χ4v) is 4.02. The Hall–Kier alpha value is -1.70. The van der Waals surface area contributed by atoms with Crippen molar-refractivity contribution in [2.24, 2.45) is 5.92 Å². The molecule has 0 N–H and O–H groups in total. The van der Waals surface area contributed by atoms with Gasteiger partial charge in [0.05, 0.1) is 30.3 Å². The summed E-state index contributed by atoms with van der Waals surface area (Å²) in [4.78, 5) is 4.66. The fourth-order valence-electron chi connectivity index (χ4n) is 2.64. The minimum Gasteiger partial charge on any atom is -0.441 e. The predicted octanol–water partition coefficient (Wildman–Crippen LogP) is 2.31. The van der Waals surface area contributed by atoms with Crippen molar-refractivity contribution in [3.63, 3.8) is 0 Å². The van der Waals surface area contributed by atoms with Gasteiger partial charge in [-0.3, -0.25) is 0 Å². The molecule has 1 aromatic carbocycles. The highest BCUT2D eigenvalue weighted by molar-refractivity contribution is 7.89. The molecule has 0 spiro atoms. The molecule has 0 radical (unpaired) electrons. The zero-order valence-electron chi connectivity index (χ0n) is 12.6. The summed E-state index contributed by atoms with van der Waals surface area (Å²) < 4.78 is 37.7. The van der Waals surface area contributed by atoms with Gasteiger partial charge in [-0.2, -0.15) is 4.31 Å². The summed E-state index contributed by atoms with van der Waals surface area (Å²) in [7, 11) is -3.51. The zero-order chi connectivity index (χ0) is 15.9. The second-order valence-corrected chi connectivity index (χ2v) is 7.96. The smallest absolute Gasteiger partial charge is 0.243 e. The van der Waals surface area contributed by atoms with E-state index in [0.717, 1.165) is 6.61 Å². The Morgan fingerprint density at radius 1 is 1.22 bits per heavy atom. The van der Waals surface area contributed by atoms with Crippen LogP contribution in [0.15, 0.2) is 39.6 Å². The Balaban J connectivity index is 1.43. The highest BCUT2D eigenvalue weighted by Crippen LogP contribution is 2.30. The average molecular weight is 334 g/mol. The summed E-state index contributed by atoms with van der Waals surface area (Å²) in [5.41, 5.74) is 0.689. The summed E-state index contributed by atoms with van der Waals surface area (Å²) in [6, 6.07) is 8.42. The minimum absolute atomic E-state index is 0.224. The number of benzene rings is 1. The van der Waals surface area contributed by atoms with E-state index in [1.165, 1.54) is 17.1 Å². The molecule has 0 bridgehead atoms. The summed E-state index contributed by atoms with van der Waals surface area (Å²) in [5.74, 6) is 1.85. The number of rotatable bonds is 6. The Morgan fingerprint density at radius 3 is 2.70 bits per heavy atom. The summed E-state index contributed by atoms with van der Waals surface area (Å²) in [6.45, 7) is 1.58. The first kappa shape index (κ1) is 14.9. The molecule has 7 heteroatoms. The third-order valence-corrected chi connectivity index (χ3v) is 5.93. The van der Waals surface area contributed by atoms with Crippen LogP contribution in [0.25, 0.3) is 0 Å². The molecule has 122 valence electrons. The van der Waals surface area contributed by atoms with Crippen molar-refractivity contribution >= 4 is 10.0 Å². The quantitative estimate of drug-likeness (QED) is 0.810. The molecule has 23 heavy (non-hydrogen) atoms. The van der Waals surface area contributed by atoms with Crippen LogP contribution in [0.4, 0.5) is 0 Å². The van der Waals surface area contributed by atoms with Crippen molar-refractivity contribution < 1.29 is 17.6 Å². The number of sulfonamides is 1. The molecule has 1 aromatic heterocycles. The van der Waals surface area contributed by atoms with Crippen molar-refractivity contribution in [3.8, 4) is 0 Å². The van der Waals surface area contributed by atoms with Gasteiger partial charge in [0.25, 0.3) is 0 Å². The summed E-state index contributed by atoms with van der Waals surface area (Å²) in [6.07, 6.45) is 2.49. The first-order chi connectivity index (χ1) is 11.1. The van der Waals surface area contributed by atoms with E-state index < -0.39 is 10.0 Å². The van der Waals surface area contributed by atoms with Crippen LogP contribution >= 0.6 is 0 Å². The third kappa shape index (κ3) is 3.04. The maximum atomic E-state index is 12.6. The van der Waals surface area contributed by atoms with Crippen molar-refractivity contribution in [1.82, 2.24) is 9.29 Å². The first-order valence-corrected chi connectivity index (χ1v) is 9.17. The maximum absolute atomic E-state index is 12.6. The molecule has 6 nitrogen and oxygen atoms in total. The lowest BCUT2D eigenvalue weighted by Crippen LogP contribution is -2.26. The van der Waals surface area contributed by atoms with E-state index in [-0.39, 0.29) is 18.0 Å². The zero-order valence-corrected chi connectivity index (χ0v) is 13.5. The minimum atomic E-state index is -3.51. The molecule has 1 saturated carbocycles. The SMILES string of the molecule is O=S(=O)(c1ccccc1)N1Cc2nc(COCC3CC3)oc2C1. The standard InChI is InChI=1S/C16H18N2O4S/c19-23(20,13-4-2-1-3-5-13)18-8-14-15(9-18)22-16(17-14)11-21-10-12-6-7-12/h1-5,12H,6-11H2. The molecule has 2 aliphatic rings. The van der Waals surface area contributed by atoms with Crippen molar-refractivity contribution in [2.75, 3.05) is 6.61 Å². The van der Waals surface area contributed by atoms with E-state index in [0.29, 0.717) is 29.9 Å². The van der Waals surface area contributed by atoms with E-state index in [1.54, 1.807) is 30.3 Å². The van der Waals surface area contributed by atoms with Crippen molar-refractivity contribution in [1.29, 1.82) is 0 Å². The number of ether oxygens (including phenoxy) is 1. The molecule has 0 unspecified atom stereocenters. The van der Waals surface area contributed by atoms with E-state index in [1.807, 2.05) is 0 Å². The maximum Gasteiger partial charge on any atom is 0.243 e. The van der Waals surface area contributed by atoms with Gasteiger partial charge in [-0.05, 0) is 30.9 Å². The van der Waals surface area contributed by atoms with Gasteiger partial charge in [-0.25, -0.2) is 13.4 Å². The van der Waals surface area contributed by atoms with E-state index in [2.05, 4.69) is 4.98 Å². The monoisotopic (exact) mass is 334 g/mol. The highest BCUT2D eigenvalue weighted by atomic mass is 32.2. The van der Waals surface area contributed by atoms with Crippen LogP contribution in [0.5, 0.6) is 0 Å². The van der Waals surface area contributed by atoms with E-state index in [9.17, 15) is 8.42 Å². The van der Waals surface area contributed by atoms with Gasteiger partial charge in [0, 0.05) is 0 Å². The lowest BCUT2D eigenvalue weighted by atomic mass is 10.4. The Morgan fingerprint density at radius 2 is 2.00 bits per heavy atom. The molecule has 0 amide bonds. The molecular formula is C16H18N2O4S. The van der Waals surface area contributed by atoms with Crippen LogP contribution in [0.2, 0.25) is 0 Å². The molecule has 0 atom stereocenters. The fraction of sp³-hybridized carbons (Fsp3) is 0.438. The van der Waals surface area contributed by atoms with E-state index >= 15 is 0 Å². The molecule has 1 fully saturated rings. The van der Waals surface area contributed by atoms with Crippen LogP contribution in [0.3, 0.4) is 0 Å². The Labute approximate surface area is 135 Å². The van der Waals surface area contributed by atoms with Gasteiger partial charge in [0.1, 0.15) is 12.4 Å². The van der Waals surface area contributed by atoms with Gasteiger partial charge in [0.2, 0.25) is 15.9 Å². The van der Waals surface area contributed by atoms with Crippen LogP contribution in [0, 0.1) is 5.92 Å². The Kier molecular flexibility index (Phi) is 3.71. The number of oxazole rings is 1. The van der Waals surface area contributed by atoms with Crippen molar-refractivity contribution in [2.45, 2.75) is 37.4 Å². The van der Waals surface area contributed by atoms with Gasteiger partial charge in [-0.1, -0.05) is 18.2 Å². The van der Waals surface area contributed by atoms with Gasteiger partial charge < -0.3 is 9.15 Å². The predicted molar refractivity (Wildman–Crippen MR) is 81.8 cm³/mol. The number of hydrogen-bond donors (Lipinski definition) is 0. The highest BCUT2D eigenvalue weighted by Gasteiger charge is 2.34. The Bertz CT molecular complexity index is 773. The molecule has 4 rings (SSSR count). The number of nitrogens with zero attached hydrogens (tertiary/aromatic N) is 2. The molecule has 2 heterocycles. The summed E-state index contributed by atoms with van der Waals surface area (Å²) in [5, 5.41) is 0. The van der Waals surface area contributed by atoms with Crippen molar-refractivity contribution in [3.05, 3.63) is 47.7 Å². The number of fused-ring (bicyclic) bond motifs is 1. The van der Waals surface area contributed by atoms with E-state index in [4.69, 9.17) is 9.15 Å². The van der Waals surface area contributed by atoms with Gasteiger partial charge in [0.15, 0.2) is 0 Å². The molecule has 2 aromatic rings.